The Hall–Kier alpha value is -2.88. The third-order valence-corrected chi connectivity index (χ3v) is 7.20. The molecule has 9 nitrogen and oxygen atoms in total. The topological polar surface area (TPSA) is 121 Å². The van der Waals surface area contributed by atoms with Gasteiger partial charge in [-0.1, -0.05) is 43.4 Å². The van der Waals surface area contributed by atoms with E-state index in [0.29, 0.717) is 28.8 Å². The molecule has 2 atom stereocenters. The van der Waals surface area contributed by atoms with E-state index in [1.54, 1.807) is 18.2 Å². The number of methoxy groups -OCH3 is 1. The van der Waals surface area contributed by atoms with Crippen molar-refractivity contribution in [3.8, 4) is 0 Å². The van der Waals surface area contributed by atoms with Crippen molar-refractivity contribution in [2.45, 2.75) is 44.6 Å². The fourth-order valence-corrected chi connectivity index (χ4v) is 5.72. The Morgan fingerprint density at radius 2 is 1.94 bits per heavy atom. The quantitative estimate of drug-likeness (QED) is 0.642. The molecule has 3 amide bonds. The van der Waals surface area contributed by atoms with Crippen LogP contribution in [0.5, 0.6) is 0 Å². The van der Waals surface area contributed by atoms with Gasteiger partial charge in [-0.25, -0.2) is 14.6 Å². The van der Waals surface area contributed by atoms with Gasteiger partial charge in [0.15, 0.2) is 5.13 Å². The van der Waals surface area contributed by atoms with Crippen LogP contribution in [0.4, 0.5) is 20.4 Å². The van der Waals surface area contributed by atoms with Gasteiger partial charge in [-0.3, -0.25) is 15.0 Å². The molecule has 3 N–H and O–H groups in total. The zero-order valence-corrected chi connectivity index (χ0v) is 18.1. The molecule has 0 radical (unpaired) electrons. The molecule has 0 bridgehead atoms. The lowest BCUT2D eigenvalue weighted by atomic mass is 9.76. The van der Waals surface area contributed by atoms with Gasteiger partial charge in [0.1, 0.15) is 6.04 Å². The minimum atomic E-state index is -1.05. The van der Waals surface area contributed by atoms with Crippen LogP contribution in [0.1, 0.15) is 38.5 Å². The minimum absolute atomic E-state index is 0.0550. The van der Waals surface area contributed by atoms with Crippen LogP contribution in [0.3, 0.4) is 0 Å². The van der Waals surface area contributed by atoms with E-state index in [1.807, 2.05) is 0 Å². The monoisotopic (exact) mass is 446 g/mol. The summed E-state index contributed by atoms with van der Waals surface area (Å²) in [6, 6.07) is 4.60. The number of hydrogen-bond donors (Lipinski definition) is 3. The molecule has 2 fully saturated rings. The first-order chi connectivity index (χ1) is 15.0. The van der Waals surface area contributed by atoms with E-state index >= 15 is 0 Å². The highest BCUT2D eigenvalue weighted by atomic mass is 32.1. The maximum Gasteiger partial charge on any atom is 0.413 e. The van der Waals surface area contributed by atoms with E-state index < -0.39 is 18.2 Å². The predicted molar refractivity (Wildman–Crippen MR) is 117 cm³/mol. The second-order valence-electron chi connectivity index (χ2n) is 8.08. The van der Waals surface area contributed by atoms with E-state index in [9.17, 15) is 19.5 Å². The van der Waals surface area contributed by atoms with Gasteiger partial charge in [0, 0.05) is 12.2 Å². The second-order valence-corrected chi connectivity index (χ2v) is 9.11. The summed E-state index contributed by atoms with van der Waals surface area (Å²) in [6.07, 6.45) is 4.70. The minimum Gasteiger partial charge on any atom is -0.465 e. The van der Waals surface area contributed by atoms with Gasteiger partial charge in [0.2, 0.25) is 5.91 Å². The number of aromatic nitrogens is 1. The van der Waals surface area contributed by atoms with E-state index in [2.05, 4.69) is 20.4 Å². The number of carboxylic acid groups (broad SMARTS) is 1. The van der Waals surface area contributed by atoms with Gasteiger partial charge in [0.25, 0.3) is 0 Å². The van der Waals surface area contributed by atoms with E-state index in [0.717, 1.165) is 36.8 Å². The summed E-state index contributed by atoms with van der Waals surface area (Å²) in [4.78, 5) is 42.0. The van der Waals surface area contributed by atoms with Crippen molar-refractivity contribution in [1.82, 2.24) is 9.88 Å². The number of nitrogens with zero attached hydrogens (tertiary/aromatic N) is 2. The number of anilines is 2. The summed E-state index contributed by atoms with van der Waals surface area (Å²) in [5.74, 6) is 0.163. The molecule has 0 spiro atoms. The van der Waals surface area contributed by atoms with Crippen molar-refractivity contribution in [1.29, 1.82) is 0 Å². The average molecular weight is 447 g/mol. The summed E-state index contributed by atoms with van der Waals surface area (Å²) in [6.45, 7) is 0.394. The number of carbonyl (C=O) groups excluding carboxylic acids is 2. The largest absolute Gasteiger partial charge is 0.465 e. The summed E-state index contributed by atoms with van der Waals surface area (Å²) in [5.41, 5.74) is 1.26. The van der Waals surface area contributed by atoms with Gasteiger partial charge in [-0.2, -0.15) is 0 Å². The summed E-state index contributed by atoms with van der Waals surface area (Å²) < 4.78 is 5.37. The molecule has 166 valence electrons. The molecule has 2 aliphatic rings. The van der Waals surface area contributed by atoms with Crippen LogP contribution in [-0.4, -0.2) is 52.8 Å². The highest BCUT2D eigenvalue weighted by molar-refractivity contribution is 7.22. The first-order valence-electron chi connectivity index (χ1n) is 10.5. The number of nitrogens with one attached hydrogen (secondary N) is 2. The molecule has 1 aliphatic carbocycles. The molecular weight excluding hydrogens is 420 g/mol. The number of ether oxygens (including phenoxy) is 1. The van der Waals surface area contributed by atoms with Gasteiger partial charge in [-0.05, 0) is 36.5 Å². The van der Waals surface area contributed by atoms with Crippen LogP contribution >= 0.6 is 11.3 Å². The van der Waals surface area contributed by atoms with E-state index in [1.165, 1.54) is 29.8 Å². The number of hydrogen-bond acceptors (Lipinski definition) is 6. The number of likely N-dealkylation sites (tertiary alicyclic amines) is 1. The van der Waals surface area contributed by atoms with Crippen molar-refractivity contribution >= 4 is 50.5 Å². The lowest BCUT2D eigenvalue weighted by Gasteiger charge is -2.32. The Balaban J connectivity index is 1.52. The molecule has 2 heterocycles. The Bertz CT molecular complexity index is 987. The fourth-order valence-electron chi connectivity index (χ4n) is 4.83. The first-order valence-corrected chi connectivity index (χ1v) is 11.3. The van der Waals surface area contributed by atoms with Crippen LogP contribution in [0, 0.1) is 11.8 Å². The third-order valence-electron chi connectivity index (χ3n) is 6.26. The highest BCUT2D eigenvalue weighted by Gasteiger charge is 2.45. The van der Waals surface area contributed by atoms with E-state index in [-0.39, 0.29) is 11.8 Å². The smallest absolute Gasteiger partial charge is 0.413 e. The lowest BCUT2D eigenvalue weighted by Crippen LogP contribution is -2.47. The maximum atomic E-state index is 13.2. The van der Waals surface area contributed by atoms with Crippen LogP contribution < -0.4 is 10.6 Å². The standard InChI is InChI=1S/C21H26N4O5S/c1-30-20(27)24-19-23-15-8-7-13(11-16(15)31-19)22-18(26)17-14(9-10-25(17)21(28)29)12-5-3-2-4-6-12/h7-8,11-12,14,17H,2-6,9-10H2,1H3,(H,22,26)(H,28,29)(H,23,24,27)/t14-,17-/m0/s1. The molecule has 1 saturated carbocycles. The number of benzene rings is 1. The van der Waals surface area contributed by atoms with Crippen molar-refractivity contribution in [3.63, 3.8) is 0 Å². The molecule has 0 unspecified atom stereocenters. The number of thiazole rings is 1. The molecule has 1 aromatic heterocycles. The highest BCUT2D eigenvalue weighted by Crippen LogP contribution is 2.39. The molecule has 10 heteroatoms. The van der Waals surface area contributed by atoms with Gasteiger partial charge in [-0.15, -0.1) is 0 Å². The predicted octanol–water partition coefficient (Wildman–Crippen LogP) is 4.36. The number of carbonyl (C=O) groups is 3. The molecular formula is C21H26N4O5S. The maximum absolute atomic E-state index is 13.2. The molecule has 1 aromatic carbocycles. The molecule has 1 aliphatic heterocycles. The summed E-state index contributed by atoms with van der Waals surface area (Å²) >= 11 is 1.26. The second kappa shape index (κ2) is 9.09. The van der Waals surface area contributed by atoms with Gasteiger partial charge in [0.05, 0.1) is 17.3 Å². The van der Waals surface area contributed by atoms with Crippen LogP contribution in [0.25, 0.3) is 10.2 Å². The number of fused-ring (bicyclic) bond motifs is 1. The zero-order chi connectivity index (χ0) is 22.0. The number of rotatable bonds is 4. The first kappa shape index (κ1) is 21.4. The third kappa shape index (κ3) is 4.58. The molecule has 2 aromatic rings. The molecule has 1 saturated heterocycles. The average Bonchev–Trinajstić information content (AvgIpc) is 3.38. The van der Waals surface area contributed by atoms with E-state index in [4.69, 9.17) is 0 Å². The normalized spacial score (nSPS) is 21.8. The van der Waals surface area contributed by atoms with Crippen molar-refractivity contribution < 1.29 is 24.2 Å². The van der Waals surface area contributed by atoms with Crippen molar-refractivity contribution in [2.24, 2.45) is 11.8 Å². The lowest BCUT2D eigenvalue weighted by molar-refractivity contribution is -0.121. The summed E-state index contributed by atoms with van der Waals surface area (Å²) in [5, 5.41) is 15.5. The van der Waals surface area contributed by atoms with Crippen LogP contribution in [-0.2, 0) is 9.53 Å². The Kier molecular flexibility index (Phi) is 6.26. The fraction of sp³-hybridized carbons (Fsp3) is 0.524. The van der Waals surface area contributed by atoms with Gasteiger partial charge >= 0.3 is 12.2 Å². The van der Waals surface area contributed by atoms with Crippen molar-refractivity contribution in [3.05, 3.63) is 18.2 Å². The molecule has 4 rings (SSSR count). The molecule has 31 heavy (non-hydrogen) atoms. The summed E-state index contributed by atoms with van der Waals surface area (Å²) in [7, 11) is 1.28. The number of amides is 3. The van der Waals surface area contributed by atoms with Crippen molar-refractivity contribution in [2.75, 3.05) is 24.3 Å². The zero-order valence-electron chi connectivity index (χ0n) is 17.3. The Labute approximate surface area is 183 Å². The Morgan fingerprint density at radius 3 is 2.65 bits per heavy atom. The Morgan fingerprint density at radius 1 is 1.16 bits per heavy atom. The van der Waals surface area contributed by atoms with Crippen LogP contribution in [0.15, 0.2) is 18.2 Å². The van der Waals surface area contributed by atoms with Crippen LogP contribution in [0.2, 0.25) is 0 Å². The SMILES string of the molecule is COC(=O)Nc1nc2ccc(NC(=O)[C@@H]3[C@H](C4CCCCC4)CCN3C(=O)O)cc2s1. The van der Waals surface area contributed by atoms with Gasteiger partial charge < -0.3 is 15.2 Å².